The van der Waals surface area contributed by atoms with Crippen LogP contribution in [0.3, 0.4) is 0 Å². The summed E-state index contributed by atoms with van der Waals surface area (Å²) in [5, 5.41) is 6.07. The third kappa shape index (κ3) is 3.77. The number of nitrogens with zero attached hydrogens (tertiary/aromatic N) is 3. The zero-order valence-electron chi connectivity index (χ0n) is 18.6. The van der Waals surface area contributed by atoms with E-state index >= 15 is 0 Å². The molecule has 0 N–H and O–H groups in total. The van der Waals surface area contributed by atoms with Gasteiger partial charge in [0.2, 0.25) is 0 Å². The number of likely N-dealkylation sites (tertiary alicyclic amines) is 1. The van der Waals surface area contributed by atoms with Crippen molar-refractivity contribution >= 4 is 27.7 Å². The van der Waals surface area contributed by atoms with Crippen molar-refractivity contribution in [2.45, 2.75) is 18.9 Å². The number of hydrogen-bond donors (Lipinski definition) is 0. The van der Waals surface area contributed by atoms with E-state index in [1.807, 2.05) is 83.8 Å². The minimum Gasteiger partial charge on any atom is -0.488 e. The number of rotatable bonds is 4. The molecule has 5 aromatic rings. The standard InChI is InChI=1S/C28H23N3O3/c32-28(21-11-12-24-23(18-21)27(34-30-24)20-6-2-1-3-7-20)31-16-13-22(14-17-31)33-25-10-4-8-19-9-5-15-29-26(19)25/h1-12,15,18,22H,13-14,16-17H2. The number of aromatic nitrogens is 2. The van der Waals surface area contributed by atoms with Gasteiger partial charge in [-0.1, -0.05) is 53.7 Å². The van der Waals surface area contributed by atoms with Crippen molar-refractivity contribution in [3.8, 4) is 17.1 Å². The van der Waals surface area contributed by atoms with Crippen molar-refractivity contribution in [1.29, 1.82) is 0 Å². The van der Waals surface area contributed by atoms with E-state index in [4.69, 9.17) is 9.26 Å². The van der Waals surface area contributed by atoms with Gasteiger partial charge in [0.05, 0.1) is 5.39 Å². The number of benzene rings is 3. The van der Waals surface area contributed by atoms with Crippen molar-refractivity contribution in [1.82, 2.24) is 15.0 Å². The van der Waals surface area contributed by atoms with Crippen LogP contribution in [0.2, 0.25) is 0 Å². The fourth-order valence-corrected chi connectivity index (χ4v) is 4.58. The summed E-state index contributed by atoms with van der Waals surface area (Å²) < 4.78 is 11.9. The minimum absolute atomic E-state index is 0.0207. The molecule has 0 spiro atoms. The van der Waals surface area contributed by atoms with Gasteiger partial charge in [-0.25, -0.2) is 0 Å². The predicted molar refractivity (Wildman–Crippen MR) is 131 cm³/mol. The number of hydrogen-bond acceptors (Lipinski definition) is 5. The largest absolute Gasteiger partial charge is 0.488 e. The Hall–Kier alpha value is -4.19. The van der Waals surface area contributed by atoms with Crippen molar-refractivity contribution in [3.05, 3.63) is 90.6 Å². The van der Waals surface area contributed by atoms with E-state index in [9.17, 15) is 4.79 Å². The Labute approximate surface area is 196 Å². The molecule has 1 saturated heterocycles. The Morgan fingerprint density at radius 2 is 1.76 bits per heavy atom. The first-order valence-electron chi connectivity index (χ1n) is 11.5. The SMILES string of the molecule is O=C(c1ccc2noc(-c3ccccc3)c2c1)N1CCC(Oc2cccc3cccnc23)CC1. The molecule has 6 rings (SSSR count). The first-order chi connectivity index (χ1) is 16.8. The summed E-state index contributed by atoms with van der Waals surface area (Å²) in [7, 11) is 0. The van der Waals surface area contributed by atoms with Crippen LogP contribution >= 0.6 is 0 Å². The number of amides is 1. The Bertz CT molecular complexity index is 1470. The normalized spacial score (nSPS) is 14.5. The lowest BCUT2D eigenvalue weighted by atomic mass is 10.0. The second kappa shape index (κ2) is 8.63. The van der Waals surface area contributed by atoms with Gasteiger partial charge in [0.15, 0.2) is 5.76 Å². The molecule has 0 radical (unpaired) electrons. The smallest absolute Gasteiger partial charge is 0.253 e. The number of ether oxygens (including phenoxy) is 1. The first kappa shape index (κ1) is 20.4. The van der Waals surface area contributed by atoms with Crippen LogP contribution in [0.1, 0.15) is 23.2 Å². The van der Waals surface area contributed by atoms with Gasteiger partial charge in [0, 0.05) is 48.6 Å². The van der Waals surface area contributed by atoms with E-state index in [0.29, 0.717) is 24.4 Å². The number of carbonyl (C=O) groups excluding carboxylic acids is 1. The highest BCUT2D eigenvalue weighted by molar-refractivity contribution is 6.01. The number of fused-ring (bicyclic) bond motifs is 2. The molecule has 0 bridgehead atoms. The van der Waals surface area contributed by atoms with E-state index < -0.39 is 0 Å². The summed E-state index contributed by atoms with van der Waals surface area (Å²) in [4.78, 5) is 19.7. The van der Waals surface area contributed by atoms with Gasteiger partial charge in [0.1, 0.15) is 22.9 Å². The second-order valence-corrected chi connectivity index (χ2v) is 8.55. The van der Waals surface area contributed by atoms with Gasteiger partial charge in [-0.15, -0.1) is 0 Å². The van der Waals surface area contributed by atoms with E-state index in [-0.39, 0.29) is 12.0 Å². The summed E-state index contributed by atoms with van der Waals surface area (Å²) in [6.45, 7) is 1.30. The molecule has 1 aliphatic heterocycles. The van der Waals surface area contributed by atoms with E-state index in [2.05, 4.69) is 10.1 Å². The molecular formula is C28H23N3O3. The topological polar surface area (TPSA) is 68.5 Å². The lowest BCUT2D eigenvalue weighted by Crippen LogP contribution is -2.41. The number of pyridine rings is 1. The molecule has 1 aliphatic rings. The molecule has 0 aliphatic carbocycles. The van der Waals surface area contributed by atoms with Gasteiger partial charge in [-0.05, 0) is 30.3 Å². The highest BCUT2D eigenvalue weighted by atomic mass is 16.5. The van der Waals surface area contributed by atoms with Crippen LogP contribution < -0.4 is 4.74 Å². The first-order valence-corrected chi connectivity index (χ1v) is 11.5. The summed E-state index contributed by atoms with van der Waals surface area (Å²) in [5.74, 6) is 1.50. The monoisotopic (exact) mass is 449 g/mol. The lowest BCUT2D eigenvalue weighted by Gasteiger charge is -2.32. The molecule has 3 aromatic carbocycles. The predicted octanol–water partition coefficient (Wildman–Crippen LogP) is 5.73. The maximum Gasteiger partial charge on any atom is 0.253 e. The molecule has 0 atom stereocenters. The van der Waals surface area contributed by atoms with Crippen molar-refractivity contribution in [2.75, 3.05) is 13.1 Å². The van der Waals surface area contributed by atoms with Gasteiger partial charge in [-0.3, -0.25) is 9.78 Å². The van der Waals surface area contributed by atoms with Crippen LogP contribution in [0.4, 0.5) is 0 Å². The Balaban J connectivity index is 1.17. The van der Waals surface area contributed by atoms with Crippen LogP contribution in [0.5, 0.6) is 5.75 Å². The maximum atomic E-state index is 13.3. The average Bonchev–Trinajstić information content (AvgIpc) is 3.33. The molecule has 0 unspecified atom stereocenters. The summed E-state index contributed by atoms with van der Waals surface area (Å²) in [5.41, 5.74) is 3.20. The number of carbonyl (C=O) groups is 1. The second-order valence-electron chi connectivity index (χ2n) is 8.55. The molecule has 6 heteroatoms. The molecule has 168 valence electrons. The highest BCUT2D eigenvalue weighted by Gasteiger charge is 2.26. The molecule has 2 aromatic heterocycles. The molecular weight excluding hydrogens is 426 g/mol. The maximum absolute atomic E-state index is 13.3. The van der Waals surface area contributed by atoms with Gasteiger partial charge < -0.3 is 14.2 Å². The van der Waals surface area contributed by atoms with Gasteiger partial charge >= 0.3 is 0 Å². The molecule has 34 heavy (non-hydrogen) atoms. The summed E-state index contributed by atoms with van der Waals surface area (Å²) in [6.07, 6.45) is 3.40. The van der Waals surface area contributed by atoms with Gasteiger partial charge in [-0.2, -0.15) is 0 Å². The van der Waals surface area contributed by atoms with Gasteiger partial charge in [0.25, 0.3) is 5.91 Å². The Morgan fingerprint density at radius 3 is 2.62 bits per heavy atom. The minimum atomic E-state index is 0.0207. The number of piperidine rings is 1. The molecule has 1 fully saturated rings. The highest BCUT2D eigenvalue weighted by Crippen LogP contribution is 2.30. The van der Waals surface area contributed by atoms with Crippen LogP contribution in [0, 0.1) is 0 Å². The molecule has 1 amide bonds. The van der Waals surface area contributed by atoms with Crippen LogP contribution in [0.15, 0.2) is 89.6 Å². The quantitative estimate of drug-likeness (QED) is 0.351. The Kier molecular flexibility index (Phi) is 5.18. The van der Waals surface area contributed by atoms with Crippen LogP contribution in [-0.2, 0) is 0 Å². The number of para-hydroxylation sites is 1. The summed E-state index contributed by atoms with van der Waals surface area (Å²) in [6, 6.07) is 25.3. The van der Waals surface area contributed by atoms with E-state index in [0.717, 1.165) is 46.0 Å². The van der Waals surface area contributed by atoms with Crippen molar-refractivity contribution in [3.63, 3.8) is 0 Å². The van der Waals surface area contributed by atoms with Crippen LogP contribution in [-0.4, -0.2) is 40.1 Å². The van der Waals surface area contributed by atoms with Crippen molar-refractivity contribution < 1.29 is 14.1 Å². The molecule has 0 saturated carbocycles. The summed E-state index contributed by atoms with van der Waals surface area (Å²) >= 11 is 0. The zero-order valence-corrected chi connectivity index (χ0v) is 18.6. The van der Waals surface area contributed by atoms with Crippen molar-refractivity contribution in [2.24, 2.45) is 0 Å². The lowest BCUT2D eigenvalue weighted by molar-refractivity contribution is 0.0598. The third-order valence-electron chi connectivity index (χ3n) is 6.38. The van der Waals surface area contributed by atoms with Crippen LogP contribution in [0.25, 0.3) is 33.1 Å². The Morgan fingerprint density at radius 1 is 0.941 bits per heavy atom. The fraction of sp³-hybridized carbons (Fsp3) is 0.179. The average molecular weight is 450 g/mol. The zero-order chi connectivity index (χ0) is 22.9. The molecule has 3 heterocycles. The third-order valence-corrected chi connectivity index (χ3v) is 6.38. The van der Waals surface area contributed by atoms with E-state index in [1.165, 1.54) is 0 Å². The van der Waals surface area contributed by atoms with E-state index in [1.54, 1.807) is 6.20 Å². The fourth-order valence-electron chi connectivity index (χ4n) is 4.58. The molecule has 6 nitrogen and oxygen atoms in total.